The maximum Gasteiger partial charge on any atom is 0.243 e. The summed E-state index contributed by atoms with van der Waals surface area (Å²) in [5.74, 6) is 0.153. The monoisotopic (exact) mass is 380 g/mol. The maximum atomic E-state index is 12.6. The van der Waals surface area contributed by atoms with E-state index in [4.69, 9.17) is 0 Å². The van der Waals surface area contributed by atoms with E-state index in [1.165, 1.54) is 28.2 Å². The summed E-state index contributed by atoms with van der Waals surface area (Å²) >= 11 is 1.30. The lowest BCUT2D eigenvalue weighted by Gasteiger charge is -2.25. The van der Waals surface area contributed by atoms with E-state index in [1.807, 2.05) is 7.05 Å². The summed E-state index contributed by atoms with van der Waals surface area (Å²) in [5, 5.41) is 8.35. The number of aromatic nitrogens is 3. The standard InChI is InChI=1S/C16H20N4O3S2/c1-19-12-17-18-16(19)24-11-15(21)13-5-7-14(8-6-13)25(22,23)20-9-3-2-4-10-20/h5-8,12H,2-4,9-11H2,1H3. The molecule has 7 nitrogen and oxygen atoms in total. The molecule has 9 heteroatoms. The molecule has 0 amide bonds. The zero-order valence-corrected chi connectivity index (χ0v) is 15.6. The molecule has 2 aromatic rings. The van der Waals surface area contributed by atoms with Crippen molar-refractivity contribution in [2.24, 2.45) is 7.05 Å². The van der Waals surface area contributed by atoms with Crippen LogP contribution in [0.25, 0.3) is 0 Å². The minimum absolute atomic E-state index is 0.0741. The van der Waals surface area contributed by atoms with E-state index in [-0.39, 0.29) is 16.4 Å². The Kier molecular flexibility index (Phi) is 5.55. The van der Waals surface area contributed by atoms with Crippen molar-refractivity contribution in [2.75, 3.05) is 18.8 Å². The van der Waals surface area contributed by atoms with Crippen LogP contribution in [0, 0.1) is 0 Å². The molecule has 1 saturated heterocycles. The van der Waals surface area contributed by atoms with Gasteiger partial charge in [0.15, 0.2) is 10.9 Å². The SMILES string of the molecule is Cn1cnnc1SCC(=O)c1ccc(S(=O)(=O)N2CCCCC2)cc1. The number of carbonyl (C=O) groups excluding carboxylic acids is 1. The van der Waals surface area contributed by atoms with Gasteiger partial charge in [0, 0.05) is 25.7 Å². The predicted molar refractivity (Wildman–Crippen MR) is 95.1 cm³/mol. The molecule has 0 unspecified atom stereocenters. The molecule has 1 aromatic heterocycles. The second-order valence-electron chi connectivity index (χ2n) is 5.93. The number of aryl methyl sites for hydroxylation is 1. The van der Waals surface area contributed by atoms with Gasteiger partial charge in [0.2, 0.25) is 10.0 Å². The Labute approximate surface area is 151 Å². The fourth-order valence-electron chi connectivity index (χ4n) is 2.68. The number of nitrogens with zero attached hydrogens (tertiary/aromatic N) is 4. The smallest absolute Gasteiger partial charge is 0.243 e. The molecule has 134 valence electrons. The molecule has 1 fully saturated rings. The Bertz CT molecular complexity index is 841. The van der Waals surface area contributed by atoms with Gasteiger partial charge in [0.05, 0.1) is 10.6 Å². The first-order chi connectivity index (χ1) is 12.0. The highest BCUT2D eigenvalue weighted by Crippen LogP contribution is 2.22. The third-order valence-corrected chi connectivity index (χ3v) is 7.08. The van der Waals surface area contributed by atoms with Gasteiger partial charge < -0.3 is 4.57 Å². The minimum atomic E-state index is -3.46. The third-order valence-electron chi connectivity index (χ3n) is 4.13. The van der Waals surface area contributed by atoms with Crippen molar-refractivity contribution in [3.8, 4) is 0 Å². The molecule has 0 aliphatic carbocycles. The van der Waals surface area contributed by atoms with Crippen molar-refractivity contribution >= 4 is 27.6 Å². The highest BCUT2D eigenvalue weighted by Gasteiger charge is 2.25. The summed E-state index contributed by atoms with van der Waals surface area (Å²) in [6.07, 6.45) is 4.44. The fraction of sp³-hybridized carbons (Fsp3) is 0.438. The van der Waals surface area contributed by atoms with Crippen LogP contribution in [0.15, 0.2) is 40.6 Å². The van der Waals surface area contributed by atoms with E-state index in [1.54, 1.807) is 23.0 Å². The quantitative estimate of drug-likeness (QED) is 0.563. The van der Waals surface area contributed by atoms with Gasteiger partial charge in [-0.3, -0.25) is 4.79 Å². The summed E-state index contributed by atoms with van der Waals surface area (Å²) in [5.41, 5.74) is 0.493. The van der Waals surface area contributed by atoms with Crippen LogP contribution in [0.5, 0.6) is 0 Å². The van der Waals surface area contributed by atoms with Gasteiger partial charge in [0.1, 0.15) is 6.33 Å². The predicted octanol–water partition coefficient (Wildman–Crippen LogP) is 1.96. The summed E-state index contributed by atoms with van der Waals surface area (Å²) in [6, 6.07) is 6.20. The third kappa shape index (κ3) is 4.10. The fourth-order valence-corrected chi connectivity index (χ4v) is 4.98. The molecule has 1 aliphatic heterocycles. The number of rotatable bonds is 6. The first-order valence-corrected chi connectivity index (χ1v) is 10.5. The molecule has 25 heavy (non-hydrogen) atoms. The van der Waals surface area contributed by atoms with E-state index in [9.17, 15) is 13.2 Å². The topological polar surface area (TPSA) is 85.2 Å². The Morgan fingerprint density at radius 1 is 1.16 bits per heavy atom. The molecule has 0 bridgehead atoms. The van der Waals surface area contributed by atoms with Crippen LogP contribution in [0.4, 0.5) is 0 Å². The number of benzene rings is 1. The molecule has 1 aromatic carbocycles. The Morgan fingerprint density at radius 2 is 1.84 bits per heavy atom. The van der Waals surface area contributed by atoms with Crippen LogP contribution >= 0.6 is 11.8 Å². The van der Waals surface area contributed by atoms with E-state index in [0.717, 1.165) is 19.3 Å². The van der Waals surface area contributed by atoms with Crippen LogP contribution in [0.1, 0.15) is 29.6 Å². The van der Waals surface area contributed by atoms with Crippen molar-refractivity contribution in [3.05, 3.63) is 36.2 Å². The first kappa shape index (κ1) is 18.1. The molecule has 0 N–H and O–H groups in total. The largest absolute Gasteiger partial charge is 0.312 e. The lowest BCUT2D eigenvalue weighted by molar-refractivity contribution is 0.102. The molecular weight excluding hydrogens is 360 g/mol. The zero-order chi connectivity index (χ0) is 17.9. The van der Waals surface area contributed by atoms with Crippen LogP contribution in [0.3, 0.4) is 0 Å². The number of hydrogen-bond acceptors (Lipinski definition) is 6. The van der Waals surface area contributed by atoms with Crippen LogP contribution < -0.4 is 0 Å². The van der Waals surface area contributed by atoms with Crippen molar-refractivity contribution in [2.45, 2.75) is 29.3 Å². The number of sulfonamides is 1. The highest BCUT2D eigenvalue weighted by atomic mass is 32.2. The number of piperidine rings is 1. The summed E-state index contributed by atoms with van der Waals surface area (Å²) in [4.78, 5) is 12.5. The van der Waals surface area contributed by atoms with E-state index >= 15 is 0 Å². The zero-order valence-electron chi connectivity index (χ0n) is 14.0. The summed E-state index contributed by atoms with van der Waals surface area (Å²) in [7, 11) is -1.65. The Balaban J connectivity index is 1.67. The normalized spacial score (nSPS) is 16.0. The van der Waals surface area contributed by atoms with Gasteiger partial charge >= 0.3 is 0 Å². The molecule has 0 spiro atoms. The average Bonchev–Trinajstić information content (AvgIpc) is 3.05. The van der Waals surface area contributed by atoms with Gasteiger partial charge in [-0.15, -0.1) is 10.2 Å². The van der Waals surface area contributed by atoms with Gasteiger partial charge in [-0.2, -0.15) is 4.31 Å². The molecule has 0 atom stereocenters. The molecular formula is C16H20N4O3S2. The molecule has 1 aliphatic rings. The van der Waals surface area contributed by atoms with E-state index in [2.05, 4.69) is 10.2 Å². The lowest BCUT2D eigenvalue weighted by atomic mass is 10.1. The van der Waals surface area contributed by atoms with E-state index in [0.29, 0.717) is 23.8 Å². The second kappa shape index (κ2) is 7.67. The second-order valence-corrected chi connectivity index (χ2v) is 8.81. The average molecular weight is 380 g/mol. The number of ketones is 1. The van der Waals surface area contributed by atoms with Gasteiger partial charge in [0.25, 0.3) is 0 Å². The molecule has 0 saturated carbocycles. The van der Waals surface area contributed by atoms with E-state index < -0.39 is 10.0 Å². The van der Waals surface area contributed by atoms with Crippen molar-refractivity contribution in [1.82, 2.24) is 19.1 Å². The first-order valence-electron chi connectivity index (χ1n) is 8.09. The van der Waals surface area contributed by atoms with Crippen LogP contribution in [0.2, 0.25) is 0 Å². The van der Waals surface area contributed by atoms with Crippen molar-refractivity contribution < 1.29 is 13.2 Å². The molecule has 0 radical (unpaired) electrons. The maximum absolute atomic E-state index is 12.6. The number of hydrogen-bond donors (Lipinski definition) is 0. The van der Waals surface area contributed by atoms with Crippen LogP contribution in [-0.2, 0) is 17.1 Å². The number of Topliss-reactive ketones (excluding diaryl/α,β-unsaturated/α-hetero) is 1. The Hall–Kier alpha value is -1.71. The highest BCUT2D eigenvalue weighted by molar-refractivity contribution is 7.99. The summed E-state index contributed by atoms with van der Waals surface area (Å²) in [6.45, 7) is 1.13. The van der Waals surface area contributed by atoms with Crippen LogP contribution in [-0.4, -0.2) is 52.1 Å². The summed E-state index contributed by atoms with van der Waals surface area (Å²) < 4.78 is 28.5. The number of thioether (sulfide) groups is 1. The minimum Gasteiger partial charge on any atom is -0.312 e. The Morgan fingerprint density at radius 3 is 2.44 bits per heavy atom. The van der Waals surface area contributed by atoms with Gasteiger partial charge in [-0.25, -0.2) is 8.42 Å². The molecule has 3 rings (SSSR count). The van der Waals surface area contributed by atoms with Gasteiger partial charge in [-0.05, 0) is 25.0 Å². The van der Waals surface area contributed by atoms with Crippen molar-refractivity contribution in [1.29, 1.82) is 0 Å². The number of carbonyl (C=O) groups is 1. The lowest BCUT2D eigenvalue weighted by Crippen LogP contribution is -2.35. The van der Waals surface area contributed by atoms with Gasteiger partial charge in [-0.1, -0.05) is 30.3 Å². The van der Waals surface area contributed by atoms with Crippen molar-refractivity contribution in [3.63, 3.8) is 0 Å². The molecule has 2 heterocycles.